The van der Waals surface area contributed by atoms with E-state index >= 15 is 0 Å². The Kier molecular flexibility index (Phi) is 8.32. The molecule has 1 saturated carbocycles. The average molecular weight is 511 g/mol. The molecular weight excluding hydrogens is 479 g/mol. The van der Waals surface area contributed by atoms with Crippen LogP contribution in [0.15, 0.2) is 42.5 Å². The highest BCUT2D eigenvalue weighted by Gasteiger charge is 2.32. The zero-order valence-corrected chi connectivity index (χ0v) is 21.2. The van der Waals surface area contributed by atoms with Crippen LogP contribution in [-0.2, 0) is 16.1 Å². The number of carbonyl (C=O) groups excluding carboxylic acids is 2. The Morgan fingerprint density at radius 2 is 1.81 bits per heavy atom. The normalized spacial score (nSPS) is 14.3. The average Bonchev–Trinajstić information content (AvgIpc) is 3.59. The van der Waals surface area contributed by atoms with Crippen molar-refractivity contribution in [1.82, 2.24) is 25.5 Å². The van der Waals surface area contributed by atoms with Gasteiger partial charge in [0.25, 0.3) is 5.91 Å². The number of carbonyl (C=O) groups is 2. The lowest BCUT2D eigenvalue weighted by atomic mass is 10.1. The maximum absolute atomic E-state index is 13.6. The van der Waals surface area contributed by atoms with E-state index < -0.39 is 17.8 Å². The van der Waals surface area contributed by atoms with Crippen LogP contribution in [0.25, 0.3) is 11.4 Å². The Bertz CT molecular complexity index is 1230. The first-order valence-electron chi connectivity index (χ1n) is 12.3. The molecule has 0 aliphatic heterocycles. The standard InChI is InChI=1S/C26H31FN6O4/c1-4-21(26(35)28-19-7-5-6-8-19)33(20-12-10-18(27)11-13-20)24(34)16-32-30-25(29-31-32)17-9-14-22(36-2)23(15-17)37-3/h9-15,19,21H,4-8,16H2,1-3H3,(H,28,35)/t21-/m1/s1. The van der Waals surface area contributed by atoms with Crippen molar-refractivity contribution < 1.29 is 23.5 Å². The van der Waals surface area contributed by atoms with Crippen molar-refractivity contribution >= 4 is 17.5 Å². The van der Waals surface area contributed by atoms with E-state index in [9.17, 15) is 14.0 Å². The van der Waals surface area contributed by atoms with Gasteiger partial charge in [0, 0.05) is 17.3 Å². The van der Waals surface area contributed by atoms with E-state index in [0.29, 0.717) is 35.0 Å². The van der Waals surface area contributed by atoms with Crippen LogP contribution in [0.1, 0.15) is 39.0 Å². The maximum Gasteiger partial charge on any atom is 0.251 e. The molecule has 0 saturated heterocycles. The van der Waals surface area contributed by atoms with Gasteiger partial charge in [0.2, 0.25) is 11.7 Å². The summed E-state index contributed by atoms with van der Waals surface area (Å²) in [6.45, 7) is 1.58. The molecule has 11 heteroatoms. The molecule has 2 amide bonds. The van der Waals surface area contributed by atoms with E-state index in [2.05, 4.69) is 20.7 Å². The Hall–Kier alpha value is -4.02. The smallest absolute Gasteiger partial charge is 0.251 e. The number of methoxy groups -OCH3 is 2. The van der Waals surface area contributed by atoms with Crippen molar-refractivity contribution in [1.29, 1.82) is 0 Å². The summed E-state index contributed by atoms with van der Waals surface area (Å²) in [5, 5.41) is 15.5. The van der Waals surface area contributed by atoms with Gasteiger partial charge in [-0.1, -0.05) is 19.8 Å². The Morgan fingerprint density at radius 3 is 2.46 bits per heavy atom. The lowest BCUT2D eigenvalue weighted by Crippen LogP contribution is -2.52. The number of nitrogens with one attached hydrogen (secondary N) is 1. The number of nitrogens with zero attached hydrogens (tertiary/aromatic N) is 5. The summed E-state index contributed by atoms with van der Waals surface area (Å²) in [6.07, 6.45) is 4.37. The molecule has 3 aromatic rings. The van der Waals surface area contributed by atoms with E-state index in [1.54, 1.807) is 25.3 Å². The van der Waals surface area contributed by atoms with Gasteiger partial charge in [-0.05, 0) is 66.9 Å². The molecule has 1 aliphatic carbocycles. The van der Waals surface area contributed by atoms with E-state index in [-0.39, 0.29) is 18.5 Å². The topological polar surface area (TPSA) is 111 Å². The molecule has 1 aliphatic rings. The predicted octanol–water partition coefficient (Wildman–Crippen LogP) is 3.37. The van der Waals surface area contributed by atoms with Gasteiger partial charge >= 0.3 is 0 Å². The highest BCUT2D eigenvalue weighted by Crippen LogP contribution is 2.31. The number of hydrogen-bond donors (Lipinski definition) is 1. The van der Waals surface area contributed by atoms with Gasteiger partial charge in [-0.3, -0.25) is 14.5 Å². The number of anilines is 1. The predicted molar refractivity (Wildman–Crippen MR) is 135 cm³/mol. The number of rotatable bonds is 10. The highest BCUT2D eigenvalue weighted by molar-refractivity contribution is 6.00. The fraction of sp³-hybridized carbons (Fsp3) is 0.423. The molecule has 196 valence electrons. The number of halogens is 1. The largest absolute Gasteiger partial charge is 0.493 e. The lowest BCUT2D eigenvalue weighted by Gasteiger charge is -2.31. The van der Waals surface area contributed by atoms with Crippen LogP contribution in [-0.4, -0.2) is 58.3 Å². The SMILES string of the molecule is CC[C@H](C(=O)NC1CCCC1)N(C(=O)Cn1nnc(-c2ccc(OC)c(OC)c2)n1)c1ccc(F)cc1. The molecule has 2 aromatic carbocycles. The second-order valence-corrected chi connectivity index (χ2v) is 8.87. The first kappa shape index (κ1) is 26.1. The Morgan fingerprint density at radius 1 is 1.11 bits per heavy atom. The molecule has 37 heavy (non-hydrogen) atoms. The lowest BCUT2D eigenvalue weighted by molar-refractivity contribution is -0.127. The summed E-state index contributed by atoms with van der Waals surface area (Å²) in [7, 11) is 3.07. The highest BCUT2D eigenvalue weighted by atomic mass is 19.1. The number of benzene rings is 2. The van der Waals surface area contributed by atoms with E-state index in [4.69, 9.17) is 9.47 Å². The summed E-state index contributed by atoms with van der Waals surface area (Å²) < 4.78 is 24.2. The van der Waals surface area contributed by atoms with Crippen molar-refractivity contribution in [3.05, 3.63) is 48.3 Å². The molecule has 10 nitrogen and oxygen atoms in total. The maximum atomic E-state index is 13.6. The molecule has 1 aromatic heterocycles. The van der Waals surface area contributed by atoms with E-state index in [1.807, 2.05) is 6.92 Å². The zero-order chi connectivity index (χ0) is 26.4. The molecule has 1 N–H and O–H groups in total. The van der Waals surface area contributed by atoms with Gasteiger partial charge in [-0.2, -0.15) is 4.80 Å². The van der Waals surface area contributed by atoms with E-state index in [1.165, 1.54) is 41.1 Å². The van der Waals surface area contributed by atoms with Crippen molar-refractivity contribution in [2.45, 2.75) is 57.7 Å². The van der Waals surface area contributed by atoms with Crippen LogP contribution >= 0.6 is 0 Å². The minimum absolute atomic E-state index is 0.104. The van der Waals surface area contributed by atoms with Crippen LogP contribution in [0.5, 0.6) is 11.5 Å². The number of aromatic nitrogens is 4. The minimum Gasteiger partial charge on any atom is -0.493 e. The number of amides is 2. The van der Waals surface area contributed by atoms with Gasteiger partial charge in [0.05, 0.1) is 14.2 Å². The fourth-order valence-corrected chi connectivity index (χ4v) is 4.55. The minimum atomic E-state index is -0.771. The zero-order valence-electron chi connectivity index (χ0n) is 21.2. The quantitative estimate of drug-likeness (QED) is 0.445. The van der Waals surface area contributed by atoms with Crippen molar-refractivity contribution in [3.8, 4) is 22.9 Å². The molecule has 1 atom stereocenters. The molecule has 1 fully saturated rings. The summed E-state index contributed by atoms with van der Waals surface area (Å²) in [4.78, 5) is 29.3. The summed E-state index contributed by atoms with van der Waals surface area (Å²) in [5.41, 5.74) is 1.05. The van der Waals surface area contributed by atoms with Crippen LogP contribution in [0.2, 0.25) is 0 Å². The van der Waals surface area contributed by atoms with Crippen molar-refractivity contribution in [2.24, 2.45) is 0 Å². The van der Waals surface area contributed by atoms with Gasteiger partial charge in [-0.25, -0.2) is 4.39 Å². The third-order valence-corrected chi connectivity index (χ3v) is 6.45. The van der Waals surface area contributed by atoms with E-state index in [0.717, 1.165) is 25.7 Å². The molecular formula is C26H31FN6O4. The first-order chi connectivity index (χ1) is 17.9. The van der Waals surface area contributed by atoms with Gasteiger partial charge in [0.15, 0.2) is 11.5 Å². The van der Waals surface area contributed by atoms with Crippen LogP contribution in [0.4, 0.5) is 10.1 Å². The molecule has 0 spiro atoms. The molecule has 1 heterocycles. The number of tetrazole rings is 1. The van der Waals surface area contributed by atoms with Gasteiger partial charge in [-0.15, -0.1) is 10.2 Å². The second kappa shape index (κ2) is 11.8. The third kappa shape index (κ3) is 6.04. The van der Waals surface area contributed by atoms with Gasteiger partial charge < -0.3 is 14.8 Å². The Balaban J connectivity index is 1.57. The van der Waals surface area contributed by atoms with Crippen molar-refractivity contribution in [3.63, 3.8) is 0 Å². The molecule has 0 bridgehead atoms. The number of ether oxygens (including phenoxy) is 2. The summed E-state index contributed by atoms with van der Waals surface area (Å²) in [5.74, 6) is 0.283. The second-order valence-electron chi connectivity index (χ2n) is 8.87. The Labute approximate surface area is 214 Å². The summed E-state index contributed by atoms with van der Waals surface area (Å²) in [6, 6.07) is 10.0. The van der Waals surface area contributed by atoms with Crippen LogP contribution in [0.3, 0.4) is 0 Å². The molecule has 4 rings (SSSR count). The third-order valence-electron chi connectivity index (χ3n) is 6.45. The van der Waals surface area contributed by atoms with Crippen molar-refractivity contribution in [2.75, 3.05) is 19.1 Å². The molecule has 0 radical (unpaired) electrons. The van der Waals surface area contributed by atoms with Gasteiger partial charge in [0.1, 0.15) is 18.4 Å². The molecule has 0 unspecified atom stereocenters. The fourth-order valence-electron chi connectivity index (χ4n) is 4.55. The first-order valence-corrected chi connectivity index (χ1v) is 12.3. The number of hydrogen-bond acceptors (Lipinski definition) is 7. The van der Waals surface area contributed by atoms with Crippen LogP contribution in [0, 0.1) is 5.82 Å². The van der Waals surface area contributed by atoms with Crippen LogP contribution < -0.4 is 19.7 Å². The monoisotopic (exact) mass is 510 g/mol. The summed E-state index contributed by atoms with van der Waals surface area (Å²) >= 11 is 0.